The Hall–Kier alpha value is -2.67. The third-order valence-corrected chi connectivity index (χ3v) is 6.42. The fourth-order valence-electron chi connectivity index (χ4n) is 2.94. The molecule has 1 N–H and O–H groups in total. The summed E-state index contributed by atoms with van der Waals surface area (Å²) in [6.45, 7) is 5.45. The Morgan fingerprint density at radius 1 is 1.15 bits per heavy atom. The molecule has 0 spiro atoms. The third-order valence-electron chi connectivity index (χ3n) is 4.56. The van der Waals surface area contributed by atoms with Crippen LogP contribution in [0, 0.1) is 19.8 Å². The molecule has 2 aromatic carbocycles. The Kier molecular flexibility index (Phi) is 4.58. The number of hydrogen-bond donors (Lipinski definition) is 1. The van der Waals surface area contributed by atoms with Crippen molar-refractivity contribution < 1.29 is 18.0 Å². The normalized spacial score (nSPS) is 18.8. The first-order chi connectivity index (χ1) is 12.2. The van der Waals surface area contributed by atoms with Gasteiger partial charge in [-0.15, -0.1) is 0 Å². The van der Waals surface area contributed by atoms with E-state index in [2.05, 4.69) is 5.32 Å². The van der Waals surface area contributed by atoms with Gasteiger partial charge in [0.15, 0.2) is 0 Å². The van der Waals surface area contributed by atoms with E-state index in [9.17, 15) is 18.0 Å². The number of anilines is 2. The number of carbonyl (C=O) groups is 2. The summed E-state index contributed by atoms with van der Waals surface area (Å²) in [6, 6.07) is 11.7. The molecule has 0 aliphatic carbocycles. The Morgan fingerprint density at radius 3 is 2.50 bits per heavy atom. The quantitative estimate of drug-likeness (QED) is 0.898. The van der Waals surface area contributed by atoms with Crippen molar-refractivity contribution in [3.05, 3.63) is 59.2 Å². The zero-order valence-electron chi connectivity index (χ0n) is 14.8. The van der Waals surface area contributed by atoms with Crippen LogP contribution in [0.3, 0.4) is 0 Å². The second-order valence-electron chi connectivity index (χ2n) is 6.53. The Bertz CT molecular complexity index is 998. The molecule has 1 unspecified atom stereocenters. The predicted molar refractivity (Wildman–Crippen MR) is 101 cm³/mol. The maximum atomic E-state index is 12.6. The highest BCUT2D eigenvalue weighted by Crippen LogP contribution is 2.29. The lowest BCUT2D eigenvalue weighted by molar-refractivity contribution is -0.119. The van der Waals surface area contributed by atoms with Gasteiger partial charge in [-0.1, -0.05) is 25.1 Å². The van der Waals surface area contributed by atoms with Crippen LogP contribution in [0.5, 0.6) is 0 Å². The molecule has 0 aromatic heterocycles. The van der Waals surface area contributed by atoms with Gasteiger partial charge >= 0.3 is 0 Å². The van der Waals surface area contributed by atoms with E-state index >= 15 is 0 Å². The molecule has 2 aromatic rings. The number of nitrogens with one attached hydrogen (secondary N) is 1. The molecule has 136 valence electrons. The van der Waals surface area contributed by atoms with Crippen LogP contribution in [0.4, 0.5) is 11.4 Å². The number of nitrogens with zero attached hydrogens (tertiary/aromatic N) is 1. The Balaban J connectivity index is 1.91. The van der Waals surface area contributed by atoms with E-state index < -0.39 is 21.8 Å². The summed E-state index contributed by atoms with van der Waals surface area (Å²) in [4.78, 5) is 24.8. The van der Waals surface area contributed by atoms with Crippen molar-refractivity contribution in [2.45, 2.75) is 20.8 Å². The van der Waals surface area contributed by atoms with Gasteiger partial charge in [0.25, 0.3) is 5.91 Å². The lowest BCUT2D eigenvalue weighted by Crippen LogP contribution is -2.30. The van der Waals surface area contributed by atoms with Crippen molar-refractivity contribution >= 4 is 33.2 Å². The number of amides is 2. The van der Waals surface area contributed by atoms with E-state index in [-0.39, 0.29) is 22.9 Å². The highest BCUT2D eigenvalue weighted by molar-refractivity contribution is 7.94. The minimum absolute atomic E-state index is 0.188. The minimum Gasteiger partial charge on any atom is -0.322 e. The van der Waals surface area contributed by atoms with Crippen molar-refractivity contribution in [1.29, 1.82) is 0 Å². The van der Waals surface area contributed by atoms with Crippen molar-refractivity contribution in [2.75, 3.05) is 15.4 Å². The lowest BCUT2D eigenvalue weighted by atomic mass is 10.1. The van der Waals surface area contributed by atoms with Crippen LogP contribution in [0.25, 0.3) is 0 Å². The van der Waals surface area contributed by atoms with Gasteiger partial charge in [0.2, 0.25) is 15.9 Å². The molecule has 0 bridgehead atoms. The van der Waals surface area contributed by atoms with E-state index in [0.717, 1.165) is 15.4 Å². The van der Waals surface area contributed by atoms with Crippen LogP contribution in [0.15, 0.2) is 42.5 Å². The molecule has 1 aliphatic heterocycles. The van der Waals surface area contributed by atoms with Gasteiger partial charge in [0.1, 0.15) is 0 Å². The van der Waals surface area contributed by atoms with Crippen molar-refractivity contribution in [3.63, 3.8) is 0 Å². The van der Waals surface area contributed by atoms with Crippen molar-refractivity contribution in [3.8, 4) is 0 Å². The molecule has 26 heavy (non-hydrogen) atoms. The predicted octanol–water partition coefficient (Wildman–Crippen LogP) is 2.87. The first-order valence-corrected chi connectivity index (χ1v) is 9.86. The van der Waals surface area contributed by atoms with Crippen molar-refractivity contribution in [1.82, 2.24) is 0 Å². The van der Waals surface area contributed by atoms with Crippen LogP contribution in [-0.4, -0.2) is 26.0 Å². The third kappa shape index (κ3) is 3.22. The number of aryl methyl sites for hydroxylation is 1. The molecule has 7 heteroatoms. The Morgan fingerprint density at radius 2 is 1.85 bits per heavy atom. The number of rotatable bonds is 3. The number of benzene rings is 2. The van der Waals surface area contributed by atoms with Crippen LogP contribution in [-0.2, 0) is 14.8 Å². The molecule has 2 amide bonds. The van der Waals surface area contributed by atoms with E-state index in [1.165, 1.54) is 12.1 Å². The van der Waals surface area contributed by atoms with Gasteiger partial charge in [-0.3, -0.25) is 9.59 Å². The van der Waals surface area contributed by atoms with E-state index in [0.29, 0.717) is 5.69 Å². The standard InChI is InChI=1S/C19H20N2O4S/c1-12-6-4-9-17(14(12)3)20-18(22)15-7-5-8-16(10-15)21-19(23)13(2)11-26(21,24)25/h4-10,13H,11H2,1-3H3,(H,20,22). The number of carbonyl (C=O) groups excluding carboxylic acids is 2. The smallest absolute Gasteiger partial charge is 0.255 e. The molecule has 3 rings (SSSR count). The first-order valence-electron chi connectivity index (χ1n) is 8.25. The number of sulfonamides is 1. The molecule has 1 saturated heterocycles. The van der Waals surface area contributed by atoms with Gasteiger partial charge in [-0.2, -0.15) is 0 Å². The second kappa shape index (κ2) is 6.57. The summed E-state index contributed by atoms with van der Waals surface area (Å²) in [5, 5.41) is 2.83. The largest absolute Gasteiger partial charge is 0.322 e. The molecule has 6 nitrogen and oxygen atoms in total. The zero-order chi connectivity index (χ0) is 19.1. The molecule has 1 heterocycles. The fraction of sp³-hybridized carbons (Fsp3) is 0.263. The van der Waals surface area contributed by atoms with E-state index in [1.807, 2.05) is 26.0 Å². The molecule has 0 radical (unpaired) electrons. The van der Waals surface area contributed by atoms with Crippen LogP contribution >= 0.6 is 0 Å². The van der Waals surface area contributed by atoms with E-state index in [1.54, 1.807) is 25.1 Å². The summed E-state index contributed by atoms with van der Waals surface area (Å²) in [5.41, 5.74) is 3.18. The highest BCUT2D eigenvalue weighted by Gasteiger charge is 2.42. The average molecular weight is 372 g/mol. The first kappa shape index (κ1) is 18.1. The van der Waals surface area contributed by atoms with Crippen molar-refractivity contribution in [2.24, 2.45) is 5.92 Å². The van der Waals surface area contributed by atoms with Crippen LogP contribution in [0.1, 0.15) is 28.4 Å². The summed E-state index contributed by atoms with van der Waals surface area (Å²) < 4.78 is 25.3. The molecular weight excluding hydrogens is 352 g/mol. The fourth-order valence-corrected chi connectivity index (χ4v) is 4.75. The molecule has 1 fully saturated rings. The molecule has 0 saturated carbocycles. The molecule has 1 atom stereocenters. The molecular formula is C19H20N2O4S. The van der Waals surface area contributed by atoms with Crippen LogP contribution < -0.4 is 9.62 Å². The van der Waals surface area contributed by atoms with Crippen LogP contribution in [0.2, 0.25) is 0 Å². The van der Waals surface area contributed by atoms with Gasteiger partial charge in [-0.05, 0) is 49.2 Å². The summed E-state index contributed by atoms with van der Waals surface area (Å²) >= 11 is 0. The Labute approximate surface area is 152 Å². The average Bonchev–Trinajstić information content (AvgIpc) is 2.79. The van der Waals surface area contributed by atoms with Gasteiger partial charge in [0.05, 0.1) is 17.4 Å². The minimum atomic E-state index is -3.70. The summed E-state index contributed by atoms with van der Waals surface area (Å²) in [5.74, 6) is -1.65. The lowest BCUT2D eigenvalue weighted by Gasteiger charge is -2.16. The number of hydrogen-bond acceptors (Lipinski definition) is 4. The summed E-state index contributed by atoms with van der Waals surface area (Å²) in [7, 11) is -3.70. The van der Waals surface area contributed by atoms with E-state index in [4.69, 9.17) is 0 Å². The van der Waals surface area contributed by atoms with Gasteiger partial charge < -0.3 is 5.32 Å². The summed E-state index contributed by atoms with van der Waals surface area (Å²) in [6.07, 6.45) is 0. The molecule has 1 aliphatic rings. The highest BCUT2D eigenvalue weighted by atomic mass is 32.2. The maximum absolute atomic E-state index is 12.6. The maximum Gasteiger partial charge on any atom is 0.255 e. The van der Waals surface area contributed by atoms with Gasteiger partial charge in [0, 0.05) is 11.3 Å². The SMILES string of the molecule is Cc1cccc(NC(=O)c2cccc(N3C(=O)C(C)CS3(=O)=O)c2)c1C. The zero-order valence-corrected chi connectivity index (χ0v) is 15.6. The topological polar surface area (TPSA) is 83.6 Å². The van der Waals surface area contributed by atoms with Gasteiger partial charge in [-0.25, -0.2) is 12.7 Å². The second-order valence-corrected chi connectivity index (χ2v) is 8.40. The monoisotopic (exact) mass is 372 g/mol.